The van der Waals surface area contributed by atoms with Crippen LogP contribution in [0.15, 0.2) is 11.6 Å². The van der Waals surface area contributed by atoms with E-state index >= 15 is 0 Å². The fourth-order valence-corrected chi connectivity index (χ4v) is 2.45. The van der Waals surface area contributed by atoms with Crippen molar-refractivity contribution in [1.29, 1.82) is 0 Å². The van der Waals surface area contributed by atoms with E-state index in [9.17, 15) is 18.0 Å². The highest BCUT2D eigenvalue weighted by atomic mass is 32.2. The first-order valence-electron chi connectivity index (χ1n) is 6.30. The number of aliphatic carboxylic acids is 1. The molecule has 0 saturated carbocycles. The van der Waals surface area contributed by atoms with Crippen LogP contribution in [0.1, 0.15) is 19.8 Å². The summed E-state index contributed by atoms with van der Waals surface area (Å²) in [7, 11) is -3.26. The fraction of sp³-hybridized carbons (Fsp3) is 0.667. The maximum absolute atomic E-state index is 11.9. The summed E-state index contributed by atoms with van der Waals surface area (Å²) < 4.78 is 22.1. The van der Waals surface area contributed by atoms with Gasteiger partial charge in [-0.15, -0.1) is 0 Å². The Morgan fingerprint density at radius 2 is 2.15 bits per heavy atom. The van der Waals surface area contributed by atoms with Crippen LogP contribution in [0.2, 0.25) is 0 Å². The van der Waals surface area contributed by atoms with E-state index in [1.807, 2.05) is 13.0 Å². The molecule has 0 aliphatic carbocycles. The van der Waals surface area contributed by atoms with Gasteiger partial charge in [-0.05, 0) is 19.8 Å². The number of hydrogen-bond donors (Lipinski definition) is 2. The Kier molecular flexibility index (Phi) is 5.55. The standard InChI is InChI=1S/C12H20N2O5S/c1-9-3-6-14(7-4-9)12(17)13-10(11(15)16)5-8-20(2,18)19/h3,10H,4-8H2,1-2H3,(H,13,17)(H,15,16). The Labute approximate surface area is 118 Å². The molecule has 114 valence electrons. The first kappa shape index (κ1) is 16.5. The Bertz CT molecular complexity index is 512. The van der Waals surface area contributed by atoms with Gasteiger partial charge in [0.25, 0.3) is 0 Å². The quantitative estimate of drug-likeness (QED) is 0.708. The number of hydrogen-bond acceptors (Lipinski definition) is 4. The minimum atomic E-state index is -3.26. The third-order valence-corrected chi connectivity index (χ3v) is 4.07. The number of carboxylic acids is 1. The molecule has 0 bridgehead atoms. The molecule has 0 aromatic heterocycles. The Balaban J connectivity index is 2.57. The van der Waals surface area contributed by atoms with E-state index in [0.29, 0.717) is 13.1 Å². The lowest BCUT2D eigenvalue weighted by Crippen LogP contribution is -2.49. The molecule has 2 amide bonds. The lowest BCUT2D eigenvalue weighted by Gasteiger charge is -2.27. The summed E-state index contributed by atoms with van der Waals surface area (Å²) >= 11 is 0. The van der Waals surface area contributed by atoms with Crippen molar-refractivity contribution in [3.05, 3.63) is 11.6 Å². The van der Waals surface area contributed by atoms with Gasteiger partial charge >= 0.3 is 12.0 Å². The van der Waals surface area contributed by atoms with Gasteiger partial charge in [0.05, 0.1) is 5.75 Å². The van der Waals surface area contributed by atoms with Crippen molar-refractivity contribution < 1.29 is 23.1 Å². The van der Waals surface area contributed by atoms with Crippen LogP contribution in [-0.4, -0.2) is 61.6 Å². The van der Waals surface area contributed by atoms with Gasteiger partial charge in [0.15, 0.2) is 0 Å². The summed E-state index contributed by atoms with van der Waals surface area (Å²) in [4.78, 5) is 24.5. The zero-order valence-electron chi connectivity index (χ0n) is 11.6. The number of carbonyl (C=O) groups is 2. The van der Waals surface area contributed by atoms with Crippen molar-refractivity contribution in [1.82, 2.24) is 10.2 Å². The second-order valence-corrected chi connectivity index (χ2v) is 7.27. The zero-order valence-corrected chi connectivity index (χ0v) is 12.4. The molecule has 20 heavy (non-hydrogen) atoms. The molecule has 0 saturated heterocycles. The third kappa shape index (κ3) is 5.60. The molecule has 1 unspecified atom stereocenters. The highest BCUT2D eigenvalue weighted by molar-refractivity contribution is 7.90. The number of carboxylic acid groups (broad SMARTS) is 1. The van der Waals surface area contributed by atoms with E-state index < -0.39 is 27.9 Å². The molecular weight excluding hydrogens is 284 g/mol. The van der Waals surface area contributed by atoms with Crippen molar-refractivity contribution in [3.63, 3.8) is 0 Å². The van der Waals surface area contributed by atoms with E-state index in [4.69, 9.17) is 5.11 Å². The van der Waals surface area contributed by atoms with Gasteiger partial charge < -0.3 is 15.3 Å². The van der Waals surface area contributed by atoms with E-state index in [-0.39, 0.29) is 12.2 Å². The van der Waals surface area contributed by atoms with Gasteiger partial charge in [-0.1, -0.05) is 11.6 Å². The van der Waals surface area contributed by atoms with E-state index in [0.717, 1.165) is 12.7 Å². The fourth-order valence-electron chi connectivity index (χ4n) is 1.78. The third-order valence-electron chi connectivity index (χ3n) is 3.10. The topological polar surface area (TPSA) is 104 Å². The largest absolute Gasteiger partial charge is 0.480 e. The van der Waals surface area contributed by atoms with Gasteiger partial charge in [-0.25, -0.2) is 18.0 Å². The summed E-state index contributed by atoms with van der Waals surface area (Å²) in [5.74, 6) is -1.51. The van der Waals surface area contributed by atoms with Crippen molar-refractivity contribution in [2.75, 3.05) is 25.1 Å². The molecule has 2 N–H and O–H groups in total. The maximum Gasteiger partial charge on any atom is 0.326 e. The molecule has 0 fully saturated rings. The highest BCUT2D eigenvalue weighted by Crippen LogP contribution is 2.10. The van der Waals surface area contributed by atoms with Gasteiger partial charge in [-0.3, -0.25) is 0 Å². The molecular formula is C12H20N2O5S. The predicted molar refractivity (Wildman–Crippen MR) is 74.2 cm³/mol. The molecule has 1 rings (SSSR count). The second kappa shape index (κ2) is 6.74. The number of amides is 2. The summed E-state index contributed by atoms with van der Waals surface area (Å²) in [5, 5.41) is 11.4. The Morgan fingerprint density at radius 3 is 2.60 bits per heavy atom. The van der Waals surface area contributed by atoms with Gasteiger partial charge in [0.1, 0.15) is 15.9 Å². The summed E-state index contributed by atoms with van der Waals surface area (Å²) in [6.07, 6.45) is 3.57. The molecule has 0 aromatic rings. The monoisotopic (exact) mass is 304 g/mol. The number of rotatable bonds is 5. The number of nitrogens with zero attached hydrogens (tertiary/aromatic N) is 1. The van der Waals surface area contributed by atoms with E-state index in [1.54, 1.807) is 0 Å². The molecule has 1 aliphatic heterocycles. The molecule has 0 aromatic carbocycles. The lowest BCUT2D eigenvalue weighted by molar-refractivity contribution is -0.139. The molecule has 0 spiro atoms. The summed E-state index contributed by atoms with van der Waals surface area (Å²) in [6, 6.07) is -1.67. The summed E-state index contributed by atoms with van der Waals surface area (Å²) in [5.41, 5.74) is 1.20. The van der Waals surface area contributed by atoms with E-state index in [2.05, 4.69) is 5.32 Å². The Hall–Kier alpha value is -1.57. The van der Waals surface area contributed by atoms with Crippen LogP contribution in [0.3, 0.4) is 0 Å². The molecule has 7 nitrogen and oxygen atoms in total. The number of urea groups is 1. The van der Waals surface area contributed by atoms with Crippen LogP contribution >= 0.6 is 0 Å². The second-order valence-electron chi connectivity index (χ2n) is 5.01. The van der Waals surface area contributed by atoms with Gasteiger partial charge in [0.2, 0.25) is 0 Å². The first-order valence-corrected chi connectivity index (χ1v) is 8.36. The zero-order chi connectivity index (χ0) is 15.3. The van der Waals surface area contributed by atoms with Crippen molar-refractivity contribution in [2.45, 2.75) is 25.8 Å². The normalized spacial score (nSPS) is 17.3. The van der Waals surface area contributed by atoms with Crippen LogP contribution in [0.25, 0.3) is 0 Å². The number of nitrogens with one attached hydrogen (secondary N) is 1. The average Bonchev–Trinajstić information content (AvgIpc) is 2.33. The molecule has 1 aliphatic rings. The van der Waals surface area contributed by atoms with Crippen LogP contribution in [0.5, 0.6) is 0 Å². The SMILES string of the molecule is CC1=CCN(C(=O)NC(CCS(C)(=O)=O)C(=O)O)CC1. The predicted octanol–water partition coefficient (Wildman–Crippen LogP) is 0.236. The smallest absolute Gasteiger partial charge is 0.326 e. The van der Waals surface area contributed by atoms with Crippen molar-refractivity contribution in [3.8, 4) is 0 Å². The highest BCUT2D eigenvalue weighted by Gasteiger charge is 2.24. The molecule has 8 heteroatoms. The maximum atomic E-state index is 11.9. The van der Waals surface area contributed by atoms with Crippen LogP contribution in [0, 0.1) is 0 Å². The number of sulfone groups is 1. The van der Waals surface area contributed by atoms with Crippen molar-refractivity contribution in [2.24, 2.45) is 0 Å². The van der Waals surface area contributed by atoms with Gasteiger partial charge in [-0.2, -0.15) is 0 Å². The minimum absolute atomic E-state index is 0.136. The van der Waals surface area contributed by atoms with E-state index in [1.165, 1.54) is 10.5 Å². The van der Waals surface area contributed by atoms with Crippen molar-refractivity contribution >= 4 is 21.8 Å². The lowest BCUT2D eigenvalue weighted by atomic mass is 10.1. The van der Waals surface area contributed by atoms with Gasteiger partial charge in [0, 0.05) is 19.3 Å². The molecule has 0 radical (unpaired) electrons. The molecule has 1 atom stereocenters. The summed E-state index contributed by atoms with van der Waals surface area (Å²) in [6.45, 7) is 2.95. The average molecular weight is 304 g/mol. The molecule has 1 heterocycles. The number of carbonyl (C=O) groups excluding carboxylic acids is 1. The first-order chi connectivity index (χ1) is 9.19. The van der Waals surface area contributed by atoms with Crippen LogP contribution < -0.4 is 5.32 Å². The van der Waals surface area contributed by atoms with Crippen LogP contribution in [0.4, 0.5) is 4.79 Å². The van der Waals surface area contributed by atoms with Crippen LogP contribution in [-0.2, 0) is 14.6 Å². The minimum Gasteiger partial charge on any atom is -0.480 e. The Morgan fingerprint density at radius 1 is 1.50 bits per heavy atom.